The van der Waals surface area contributed by atoms with Gasteiger partial charge in [-0.1, -0.05) is 12.8 Å². The van der Waals surface area contributed by atoms with Crippen LogP contribution in [0, 0.1) is 5.92 Å². The van der Waals surface area contributed by atoms with Crippen LogP contribution in [0.1, 0.15) is 38.5 Å². The molecule has 0 bridgehead atoms. The first-order valence-corrected chi connectivity index (χ1v) is 8.11. The van der Waals surface area contributed by atoms with Crippen molar-refractivity contribution in [1.82, 2.24) is 10.6 Å². The number of hydrogen-bond acceptors (Lipinski definition) is 3. The third-order valence-electron chi connectivity index (χ3n) is 3.97. The Bertz CT molecular complexity index is 270. The predicted octanol–water partition coefficient (Wildman–Crippen LogP) is 1.73. The summed E-state index contributed by atoms with van der Waals surface area (Å²) < 4.78 is 0. The van der Waals surface area contributed by atoms with Gasteiger partial charge in [-0.25, -0.2) is 4.79 Å². The van der Waals surface area contributed by atoms with E-state index in [2.05, 4.69) is 10.6 Å². The van der Waals surface area contributed by atoms with Crippen LogP contribution in [-0.2, 0) is 0 Å². The zero-order valence-corrected chi connectivity index (χ0v) is 11.7. The number of aliphatic hydroxyl groups excluding tert-OH is 1. The zero-order valence-electron chi connectivity index (χ0n) is 10.9. The number of nitrogens with one attached hydrogen (secondary N) is 2. The molecule has 0 aromatic carbocycles. The van der Waals surface area contributed by atoms with Gasteiger partial charge < -0.3 is 15.7 Å². The first kappa shape index (κ1) is 14.0. The molecule has 5 heteroatoms. The van der Waals surface area contributed by atoms with Crippen molar-refractivity contribution in [2.24, 2.45) is 5.92 Å². The topological polar surface area (TPSA) is 61.4 Å². The van der Waals surface area contributed by atoms with Gasteiger partial charge in [-0.2, -0.15) is 11.8 Å². The average molecular weight is 272 g/mol. The Morgan fingerprint density at radius 1 is 1.22 bits per heavy atom. The highest BCUT2D eigenvalue weighted by Crippen LogP contribution is 2.25. The Hall–Kier alpha value is -0.420. The molecule has 1 aliphatic heterocycles. The molecule has 0 aromatic rings. The maximum absolute atomic E-state index is 11.8. The van der Waals surface area contributed by atoms with Crippen molar-refractivity contribution >= 4 is 17.8 Å². The minimum Gasteiger partial charge on any atom is -0.396 e. The van der Waals surface area contributed by atoms with Gasteiger partial charge in [0.2, 0.25) is 0 Å². The van der Waals surface area contributed by atoms with Crippen LogP contribution in [0.4, 0.5) is 4.79 Å². The van der Waals surface area contributed by atoms with E-state index < -0.39 is 0 Å². The monoisotopic (exact) mass is 272 g/mol. The Labute approximate surface area is 113 Å². The number of hydrogen-bond donors (Lipinski definition) is 3. The van der Waals surface area contributed by atoms with Crippen molar-refractivity contribution in [2.75, 3.05) is 18.9 Å². The molecule has 2 amide bonds. The summed E-state index contributed by atoms with van der Waals surface area (Å²) in [6.07, 6.45) is 6.84. The van der Waals surface area contributed by atoms with Crippen molar-refractivity contribution in [3.05, 3.63) is 0 Å². The van der Waals surface area contributed by atoms with Gasteiger partial charge >= 0.3 is 6.03 Å². The van der Waals surface area contributed by atoms with Gasteiger partial charge in [-0.15, -0.1) is 0 Å². The fourth-order valence-corrected chi connectivity index (χ4v) is 4.05. The number of thioether (sulfide) groups is 1. The van der Waals surface area contributed by atoms with Gasteiger partial charge in [0.05, 0.1) is 0 Å². The third-order valence-corrected chi connectivity index (χ3v) is 5.37. The average Bonchev–Trinajstić information content (AvgIpc) is 2.90. The molecule has 1 heterocycles. The normalized spacial score (nSPS) is 32.2. The summed E-state index contributed by atoms with van der Waals surface area (Å²) in [4.78, 5) is 11.8. The molecule has 4 nitrogen and oxygen atoms in total. The largest absolute Gasteiger partial charge is 0.396 e. The van der Waals surface area contributed by atoms with E-state index in [0.717, 1.165) is 25.8 Å². The molecule has 1 aliphatic carbocycles. The number of urea groups is 1. The summed E-state index contributed by atoms with van der Waals surface area (Å²) in [6.45, 7) is 0.955. The first-order chi connectivity index (χ1) is 8.79. The Morgan fingerprint density at radius 2 is 2.06 bits per heavy atom. The van der Waals surface area contributed by atoms with Crippen molar-refractivity contribution in [3.8, 4) is 0 Å². The molecule has 2 fully saturated rings. The van der Waals surface area contributed by atoms with Crippen LogP contribution in [0.15, 0.2) is 0 Å². The molecule has 2 aliphatic rings. The molecule has 104 valence electrons. The number of carbonyl (C=O) groups is 1. The van der Waals surface area contributed by atoms with E-state index >= 15 is 0 Å². The molecule has 1 saturated heterocycles. The second-order valence-corrected chi connectivity index (χ2v) is 6.73. The lowest BCUT2D eigenvalue weighted by Crippen LogP contribution is -2.48. The van der Waals surface area contributed by atoms with Gasteiger partial charge in [0, 0.05) is 30.4 Å². The Balaban J connectivity index is 1.68. The SMILES string of the molecule is O=C(NCC1CCCS1)NC1CCCCC1CO. The lowest BCUT2D eigenvalue weighted by Gasteiger charge is -2.30. The van der Waals surface area contributed by atoms with E-state index in [4.69, 9.17) is 0 Å². The van der Waals surface area contributed by atoms with E-state index in [9.17, 15) is 9.90 Å². The molecule has 3 atom stereocenters. The summed E-state index contributed by atoms with van der Waals surface area (Å²) in [5.41, 5.74) is 0. The van der Waals surface area contributed by atoms with Crippen LogP contribution in [-0.4, -0.2) is 41.3 Å². The van der Waals surface area contributed by atoms with Gasteiger partial charge in [0.25, 0.3) is 0 Å². The summed E-state index contributed by atoms with van der Waals surface area (Å²) in [6, 6.07) is 0.0906. The zero-order chi connectivity index (χ0) is 12.8. The van der Waals surface area contributed by atoms with Crippen LogP contribution in [0.3, 0.4) is 0 Å². The van der Waals surface area contributed by atoms with Crippen LogP contribution in [0.25, 0.3) is 0 Å². The minimum absolute atomic E-state index is 0.0622. The molecule has 0 spiro atoms. The highest BCUT2D eigenvalue weighted by molar-refractivity contribution is 8.00. The molecule has 3 unspecified atom stereocenters. The molecule has 2 rings (SSSR count). The van der Waals surface area contributed by atoms with Crippen LogP contribution < -0.4 is 10.6 Å². The molecule has 0 radical (unpaired) electrons. The number of rotatable bonds is 4. The van der Waals surface area contributed by atoms with E-state index in [1.54, 1.807) is 0 Å². The van der Waals surface area contributed by atoms with E-state index in [-0.39, 0.29) is 24.6 Å². The number of carbonyl (C=O) groups excluding carboxylic acids is 1. The maximum atomic E-state index is 11.8. The summed E-state index contributed by atoms with van der Waals surface area (Å²) in [7, 11) is 0. The van der Waals surface area contributed by atoms with Crippen LogP contribution in [0.5, 0.6) is 0 Å². The minimum atomic E-state index is -0.0622. The smallest absolute Gasteiger partial charge is 0.315 e. The lowest BCUT2D eigenvalue weighted by molar-refractivity contribution is 0.153. The van der Waals surface area contributed by atoms with Gasteiger partial charge in [0.15, 0.2) is 0 Å². The van der Waals surface area contributed by atoms with Crippen LogP contribution >= 0.6 is 11.8 Å². The van der Waals surface area contributed by atoms with Crippen LogP contribution in [0.2, 0.25) is 0 Å². The van der Waals surface area contributed by atoms with E-state index in [1.165, 1.54) is 25.0 Å². The quantitative estimate of drug-likeness (QED) is 0.730. The fourth-order valence-electron chi connectivity index (χ4n) is 2.85. The van der Waals surface area contributed by atoms with Gasteiger partial charge in [0.1, 0.15) is 0 Å². The third kappa shape index (κ3) is 4.05. The molecular formula is C13H24N2O2S. The fraction of sp³-hybridized carbons (Fsp3) is 0.923. The lowest BCUT2D eigenvalue weighted by atomic mass is 9.85. The molecule has 3 N–H and O–H groups in total. The molecular weight excluding hydrogens is 248 g/mol. The standard InChI is InChI=1S/C13H24N2O2S/c16-9-10-4-1-2-6-12(10)15-13(17)14-8-11-5-3-7-18-11/h10-12,16H,1-9H2,(H2,14,15,17). The molecule has 1 saturated carbocycles. The van der Waals surface area contributed by atoms with E-state index in [1.807, 2.05) is 11.8 Å². The van der Waals surface area contributed by atoms with Crippen molar-refractivity contribution in [1.29, 1.82) is 0 Å². The molecule has 18 heavy (non-hydrogen) atoms. The number of aliphatic hydroxyl groups is 1. The van der Waals surface area contributed by atoms with Gasteiger partial charge in [-0.05, 0) is 31.4 Å². The summed E-state index contributed by atoms with van der Waals surface area (Å²) in [5, 5.41) is 15.9. The van der Waals surface area contributed by atoms with Gasteiger partial charge in [-0.3, -0.25) is 0 Å². The first-order valence-electron chi connectivity index (χ1n) is 7.06. The summed E-state index contributed by atoms with van der Waals surface area (Å²) >= 11 is 1.95. The second-order valence-electron chi connectivity index (χ2n) is 5.32. The highest BCUT2D eigenvalue weighted by Gasteiger charge is 2.26. The van der Waals surface area contributed by atoms with Crippen molar-refractivity contribution < 1.29 is 9.90 Å². The van der Waals surface area contributed by atoms with Crippen molar-refractivity contribution in [3.63, 3.8) is 0 Å². The predicted molar refractivity (Wildman–Crippen MR) is 74.8 cm³/mol. The van der Waals surface area contributed by atoms with Crippen molar-refractivity contribution in [2.45, 2.75) is 49.8 Å². The highest BCUT2D eigenvalue weighted by atomic mass is 32.2. The second kappa shape index (κ2) is 7.24. The molecule has 0 aromatic heterocycles. The Kier molecular flexibility index (Phi) is 5.63. The Morgan fingerprint density at radius 3 is 2.78 bits per heavy atom. The number of amides is 2. The summed E-state index contributed by atoms with van der Waals surface area (Å²) in [5.74, 6) is 1.47. The van der Waals surface area contributed by atoms with E-state index in [0.29, 0.717) is 5.25 Å². The maximum Gasteiger partial charge on any atom is 0.315 e.